The molecule has 4 aromatic rings. The van der Waals surface area contributed by atoms with E-state index < -0.39 is 0 Å². The van der Waals surface area contributed by atoms with Crippen LogP contribution in [0.4, 0.5) is 5.69 Å². The van der Waals surface area contributed by atoms with Crippen LogP contribution in [0, 0.1) is 0 Å². The fourth-order valence-electron chi connectivity index (χ4n) is 4.26. The number of nitrogens with zero attached hydrogens (tertiary/aromatic N) is 2. The van der Waals surface area contributed by atoms with Gasteiger partial charge in [-0.15, -0.1) is 0 Å². The number of aromatic nitrogens is 1. The minimum Gasteiger partial charge on any atom is -0.493 e. The third-order valence-electron chi connectivity index (χ3n) is 6.01. The lowest BCUT2D eigenvalue weighted by molar-refractivity contribution is 0.300. The van der Waals surface area contributed by atoms with Crippen molar-refractivity contribution in [3.63, 3.8) is 0 Å². The fraction of sp³-hybridized carbons (Fsp3) is 0.222. The Labute approximate surface area is 193 Å². The van der Waals surface area contributed by atoms with Crippen molar-refractivity contribution < 1.29 is 18.9 Å². The van der Waals surface area contributed by atoms with Gasteiger partial charge in [0.2, 0.25) is 0 Å². The standard InChI is InChI=1S/C27H26N2O4/c1-18(19-7-5-4-6-8-19)29-13-14-32-25-15-20(9-10-23(25)29)33-24-11-12-28-22-17-27(31-3)26(30-2)16-21(22)24/h4-12,15-18H,13-14H2,1-3H3/t18-/m1/s1. The largest absolute Gasteiger partial charge is 0.493 e. The van der Waals surface area contributed by atoms with Gasteiger partial charge in [0.25, 0.3) is 0 Å². The maximum atomic E-state index is 6.28. The molecule has 168 valence electrons. The van der Waals surface area contributed by atoms with Crippen LogP contribution in [-0.4, -0.2) is 32.4 Å². The van der Waals surface area contributed by atoms with E-state index in [2.05, 4.69) is 47.1 Å². The molecule has 1 aromatic heterocycles. The topological polar surface area (TPSA) is 53.0 Å². The number of hydrogen-bond acceptors (Lipinski definition) is 6. The third kappa shape index (κ3) is 4.00. The number of methoxy groups -OCH3 is 2. The summed E-state index contributed by atoms with van der Waals surface area (Å²) in [5.74, 6) is 3.46. The average Bonchev–Trinajstić information content (AvgIpc) is 2.87. The monoisotopic (exact) mass is 442 g/mol. The molecule has 0 fully saturated rings. The van der Waals surface area contributed by atoms with Gasteiger partial charge < -0.3 is 23.8 Å². The predicted molar refractivity (Wildman–Crippen MR) is 129 cm³/mol. The average molecular weight is 443 g/mol. The molecular formula is C27H26N2O4. The van der Waals surface area contributed by atoms with Crippen molar-refractivity contribution in [3.8, 4) is 28.7 Å². The smallest absolute Gasteiger partial charge is 0.162 e. The first-order valence-corrected chi connectivity index (χ1v) is 10.9. The summed E-state index contributed by atoms with van der Waals surface area (Å²) in [4.78, 5) is 6.82. The molecule has 3 aromatic carbocycles. The molecule has 0 saturated carbocycles. The van der Waals surface area contributed by atoms with Crippen LogP contribution in [0.3, 0.4) is 0 Å². The van der Waals surface area contributed by atoms with Crippen LogP contribution in [0.2, 0.25) is 0 Å². The lowest BCUT2D eigenvalue weighted by Crippen LogP contribution is -2.34. The van der Waals surface area contributed by atoms with E-state index in [0.29, 0.717) is 29.6 Å². The molecule has 33 heavy (non-hydrogen) atoms. The van der Waals surface area contributed by atoms with Crippen molar-refractivity contribution >= 4 is 16.6 Å². The molecule has 0 amide bonds. The summed E-state index contributed by atoms with van der Waals surface area (Å²) in [7, 11) is 3.22. The molecule has 0 spiro atoms. The Morgan fingerprint density at radius 3 is 2.48 bits per heavy atom. The summed E-state index contributed by atoms with van der Waals surface area (Å²) in [5, 5.41) is 0.841. The van der Waals surface area contributed by atoms with E-state index in [1.165, 1.54) is 5.56 Å². The Morgan fingerprint density at radius 1 is 0.909 bits per heavy atom. The fourth-order valence-corrected chi connectivity index (χ4v) is 4.26. The molecule has 1 aliphatic heterocycles. The molecule has 0 N–H and O–H groups in total. The summed E-state index contributed by atoms with van der Waals surface area (Å²) in [5.41, 5.74) is 3.11. The minimum atomic E-state index is 0.243. The first-order chi connectivity index (χ1) is 16.2. The van der Waals surface area contributed by atoms with Crippen molar-refractivity contribution in [2.24, 2.45) is 0 Å². The van der Waals surface area contributed by atoms with Crippen LogP contribution in [0.15, 0.2) is 72.9 Å². The molecule has 6 heteroatoms. The summed E-state index contributed by atoms with van der Waals surface area (Å²) >= 11 is 0. The summed E-state index contributed by atoms with van der Waals surface area (Å²) in [6, 6.07) is 22.3. The number of fused-ring (bicyclic) bond motifs is 2. The Kier molecular flexibility index (Phi) is 5.65. The number of pyridine rings is 1. The zero-order valence-electron chi connectivity index (χ0n) is 18.9. The van der Waals surface area contributed by atoms with E-state index in [1.54, 1.807) is 20.4 Å². The quantitative estimate of drug-likeness (QED) is 0.365. The zero-order valence-corrected chi connectivity index (χ0v) is 18.9. The highest BCUT2D eigenvalue weighted by Crippen LogP contribution is 2.41. The Morgan fingerprint density at radius 2 is 1.70 bits per heavy atom. The second kappa shape index (κ2) is 8.90. The van der Waals surface area contributed by atoms with Crippen LogP contribution in [0.25, 0.3) is 10.9 Å². The van der Waals surface area contributed by atoms with E-state index in [0.717, 1.165) is 28.9 Å². The molecule has 1 aliphatic rings. The van der Waals surface area contributed by atoms with E-state index in [4.69, 9.17) is 18.9 Å². The van der Waals surface area contributed by atoms with Crippen LogP contribution < -0.4 is 23.8 Å². The second-order valence-corrected chi connectivity index (χ2v) is 7.89. The molecule has 0 radical (unpaired) electrons. The van der Waals surface area contributed by atoms with Gasteiger partial charge in [0.1, 0.15) is 23.9 Å². The van der Waals surface area contributed by atoms with Gasteiger partial charge in [0.15, 0.2) is 11.5 Å². The number of ether oxygens (including phenoxy) is 4. The van der Waals surface area contributed by atoms with Crippen LogP contribution in [0.5, 0.6) is 28.7 Å². The van der Waals surface area contributed by atoms with Crippen molar-refractivity contribution in [2.75, 3.05) is 32.3 Å². The molecule has 5 rings (SSSR count). The van der Waals surface area contributed by atoms with Crippen LogP contribution >= 0.6 is 0 Å². The molecule has 1 atom stereocenters. The van der Waals surface area contributed by atoms with Crippen molar-refractivity contribution in [3.05, 3.63) is 78.5 Å². The minimum absolute atomic E-state index is 0.243. The lowest BCUT2D eigenvalue weighted by Gasteiger charge is -2.36. The molecule has 0 bridgehead atoms. The van der Waals surface area contributed by atoms with Gasteiger partial charge in [-0.05, 0) is 36.8 Å². The molecule has 2 heterocycles. The van der Waals surface area contributed by atoms with Crippen molar-refractivity contribution in [2.45, 2.75) is 13.0 Å². The molecule has 0 unspecified atom stereocenters. The summed E-state index contributed by atoms with van der Waals surface area (Å²) in [6.45, 7) is 3.68. The van der Waals surface area contributed by atoms with Gasteiger partial charge in [-0.25, -0.2) is 0 Å². The van der Waals surface area contributed by atoms with Crippen LogP contribution in [-0.2, 0) is 0 Å². The molecule has 0 saturated heterocycles. The summed E-state index contributed by atoms with van der Waals surface area (Å²) < 4.78 is 23.1. The maximum absolute atomic E-state index is 6.28. The Hall–Kier alpha value is -3.93. The van der Waals surface area contributed by atoms with Crippen molar-refractivity contribution in [1.82, 2.24) is 4.98 Å². The van der Waals surface area contributed by atoms with Gasteiger partial charge in [0.05, 0.1) is 38.0 Å². The second-order valence-electron chi connectivity index (χ2n) is 7.89. The molecule has 0 aliphatic carbocycles. The molecule has 6 nitrogen and oxygen atoms in total. The number of benzene rings is 3. The first-order valence-electron chi connectivity index (χ1n) is 10.9. The lowest BCUT2D eigenvalue weighted by atomic mass is 10.1. The van der Waals surface area contributed by atoms with Crippen LogP contribution in [0.1, 0.15) is 18.5 Å². The first kappa shape index (κ1) is 20.9. The zero-order chi connectivity index (χ0) is 22.8. The van der Waals surface area contributed by atoms with E-state index in [-0.39, 0.29) is 6.04 Å². The predicted octanol–water partition coefficient (Wildman–Crippen LogP) is 6.00. The van der Waals surface area contributed by atoms with Gasteiger partial charge in [-0.1, -0.05) is 30.3 Å². The maximum Gasteiger partial charge on any atom is 0.162 e. The highest BCUT2D eigenvalue weighted by Gasteiger charge is 2.24. The van der Waals surface area contributed by atoms with Gasteiger partial charge in [-0.3, -0.25) is 4.98 Å². The number of hydrogen-bond donors (Lipinski definition) is 0. The van der Waals surface area contributed by atoms with E-state index >= 15 is 0 Å². The van der Waals surface area contributed by atoms with Gasteiger partial charge in [0, 0.05) is 23.7 Å². The van der Waals surface area contributed by atoms with Gasteiger partial charge >= 0.3 is 0 Å². The number of rotatable bonds is 6. The summed E-state index contributed by atoms with van der Waals surface area (Å²) in [6.07, 6.45) is 1.72. The highest BCUT2D eigenvalue weighted by molar-refractivity contribution is 5.88. The molecular weight excluding hydrogens is 416 g/mol. The van der Waals surface area contributed by atoms with Gasteiger partial charge in [-0.2, -0.15) is 0 Å². The van der Waals surface area contributed by atoms with Crippen molar-refractivity contribution in [1.29, 1.82) is 0 Å². The Bertz CT molecular complexity index is 1280. The third-order valence-corrected chi connectivity index (χ3v) is 6.01. The van der Waals surface area contributed by atoms with E-state index in [9.17, 15) is 0 Å². The Balaban J connectivity index is 1.46. The number of anilines is 1. The highest BCUT2D eigenvalue weighted by atomic mass is 16.5. The van der Waals surface area contributed by atoms with E-state index in [1.807, 2.05) is 36.4 Å². The SMILES string of the molecule is COc1cc2nccc(Oc3ccc4c(c3)OCCN4[C@H](C)c3ccccc3)c2cc1OC. The normalized spacial score (nSPS) is 13.7.